The summed E-state index contributed by atoms with van der Waals surface area (Å²) >= 11 is 0. The van der Waals surface area contributed by atoms with Crippen LogP contribution in [-0.4, -0.2) is 69.2 Å². The number of guanidine groups is 1. The first-order valence-electron chi connectivity index (χ1n) is 9.48. The summed E-state index contributed by atoms with van der Waals surface area (Å²) in [6.07, 6.45) is 1.15. The van der Waals surface area contributed by atoms with E-state index in [0.717, 1.165) is 51.8 Å². The number of ether oxygens (including phenoxy) is 1. The summed E-state index contributed by atoms with van der Waals surface area (Å²) in [5.41, 5.74) is 1.35. The van der Waals surface area contributed by atoms with E-state index in [1.165, 1.54) is 5.56 Å². The topological polar surface area (TPSA) is 40.1 Å². The molecule has 2 atom stereocenters. The minimum atomic E-state index is 0. The molecule has 0 radical (unpaired) electrons. The van der Waals surface area contributed by atoms with Crippen molar-refractivity contribution < 1.29 is 4.74 Å². The molecule has 0 bridgehead atoms. The average molecular weight is 474 g/mol. The van der Waals surface area contributed by atoms with E-state index in [1.54, 1.807) is 0 Å². The van der Waals surface area contributed by atoms with Crippen molar-refractivity contribution in [3.63, 3.8) is 0 Å². The van der Waals surface area contributed by atoms with E-state index < -0.39 is 0 Å². The van der Waals surface area contributed by atoms with Crippen LogP contribution in [-0.2, 0) is 4.74 Å². The fraction of sp³-hybridized carbons (Fsp3) is 0.650. The van der Waals surface area contributed by atoms with Crippen molar-refractivity contribution in [1.29, 1.82) is 0 Å². The van der Waals surface area contributed by atoms with Crippen LogP contribution in [0.5, 0.6) is 0 Å². The molecule has 0 aromatic heterocycles. The molecule has 2 rings (SSSR count). The smallest absolute Gasteiger partial charge is 0.193 e. The van der Waals surface area contributed by atoms with Crippen molar-refractivity contribution in [3.05, 3.63) is 35.9 Å². The van der Waals surface area contributed by atoms with Crippen LogP contribution in [0.4, 0.5) is 0 Å². The molecule has 1 N–H and O–H groups in total. The van der Waals surface area contributed by atoms with E-state index in [9.17, 15) is 0 Å². The lowest BCUT2D eigenvalue weighted by Gasteiger charge is -2.32. The van der Waals surface area contributed by atoms with Crippen LogP contribution < -0.4 is 5.32 Å². The second-order valence-corrected chi connectivity index (χ2v) is 6.69. The maximum Gasteiger partial charge on any atom is 0.193 e. The zero-order valence-electron chi connectivity index (χ0n) is 16.6. The SMILES string of the molecule is CCN(CC)C(CNC(=NC)N(C)CC1CCOC1)c1ccccc1.I. The minimum absolute atomic E-state index is 0. The highest BCUT2D eigenvalue weighted by molar-refractivity contribution is 14.0. The van der Waals surface area contributed by atoms with Crippen LogP contribution in [0.2, 0.25) is 0 Å². The molecule has 0 amide bonds. The first-order chi connectivity index (χ1) is 12.2. The van der Waals surface area contributed by atoms with Gasteiger partial charge in [-0.3, -0.25) is 9.89 Å². The first-order valence-corrected chi connectivity index (χ1v) is 9.48. The van der Waals surface area contributed by atoms with Crippen molar-refractivity contribution in [2.24, 2.45) is 10.9 Å². The molecular weight excluding hydrogens is 439 g/mol. The molecule has 0 spiro atoms. The van der Waals surface area contributed by atoms with E-state index in [0.29, 0.717) is 12.0 Å². The summed E-state index contributed by atoms with van der Waals surface area (Å²) in [7, 11) is 3.97. The number of likely N-dealkylation sites (N-methyl/N-ethyl adjacent to an activating group) is 1. The van der Waals surface area contributed by atoms with Crippen LogP contribution in [0.3, 0.4) is 0 Å². The van der Waals surface area contributed by atoms with Crippen molar-refractivity contribution in [1.82, 2.24) is 15.1 Å². The van der Waals surface area contributed by atoms with E-state index in [2.05, 4.69) is 71.3 Å². The summed E-state index contributed by atoms with van der Waals surface area (Å²) in [6, 6.07) is 11.1. The van der Waals surface area contributed by atoms with Crippen LogP contribution in [0.25, 0.3) is 0 Å². The van der Waals surface area contributed by atoms with Crippen LogP contribution in [0.15, 0.2) is 35.3 Å². The van der Waals surface area contributed by atoms with Gasteiger partial charge in [-0.05, 0) is 25.1 Å². The van der Waals surface area contributed by atoms with Crippen molar-refractivity contribution in [2.45, 2.75) is 26.3 Å². The van der Waals surface area contributed by atoms with Gasteiger partial charge in [0.15, 0.2) is 5.96 Å². The van der Waals surface area contributed by atoms with Gasteiger partial charge in [0.25, 0.3) is 0 Å². The van der Waals surface area contributed by atoms with Gasteiger partial charge in [0.05, 0.1) is 12.6 Å². The summed E-state index contributed by atoms with van der Waals surface area (Å²) in [5.74, 6) is 1.57. The van der Waals surface area contributed by atoms with Crippen molar-refractivity contribution in [2.75, 3.05) is 53.5 Å². The normalized spacial score (nSPS) is 18.5. The quantitative estimate of drug-likeness (QED) is 0.357. The largest absolute Gasteiger partial charge is 0.381 e. The Balaban J connectivity index is 0.00000338. The first kappa shape index (κ1) is 23.2. The third-order valence-electron chi connectivity index (χ3n) is 5.02. The highest BCUT2D eigenvalue weighted by atomic mass is 127. The lowest BCUT2D eigenvalue weighted by Crippen LogP contribution is -2.45. The van der Waals surface area contributed by atoms with Crippen LogP contribution >= 0.6 is 24.0 Å². The average Bonchev–Trinajstić information content (AvgIpc) is 3.15. The third kappa shape index (κ3) is 6.70. The molecule has 6 heteroatoms. The Labute approximate surface area is 176 Å². The Hall–Kier alpha value is -0.860. The summed E-state index contributed by atoms with van der Waals surface area (Å²) in [5, 5.41) is 3.58. The molecular formula is C20H35IN4O. The van der Waals surface area contributed by atoms with Gasteiger partial charge >= 0.3 is 0 Å². The molecule has 1 aromatic carbocycles. The molecule has 0 saturated carbocycles. The number of benzene rings is 1. The summed E-state index contributed by atoms with van der Waals surface area (Å²) < 4.78 is 5.49. The Bertz CT molecular complexity index is 516. The van der Waals surface area contributed by atoms with Gasteiger partial charge in [0, 0.05) is 39.7 Å². The number of rotatable bonds is 8. The van der Waals surface area contributed by atoms with E-state index in [1.807, 2.05) is 7.05 Å². The predicted molar refractivity (Wildman–Crippen MR) is 120 cm³/mol. The molecule has 5 nitrogen and oxygen atoms in total. The monoisotopic (exact) mass is 474 g/mol. The number of nitrogens with zero attached hydrogens (tertiary/aromatic N) is 3. The highest BCUT2D eigenvalue weighted by Crippen LogP contribution is 2.19. The molecule has 1 aliphatic rings. The number of halogens is 1. The summed E-state index contributed by atoms with van der Waals surface area (Å²) in [6.45, 7) is 10.1. The van der Waals surface area contributed by atoms with Gasteiger partial charge in [-0.1, -0.05) is 44.2 Å². The Morgan fingerprint density at radius 3 is 2.50 bits per heavy atom. The molecule has 1 fully saturated rings. The van der Waals surface area contributed by atoms with E-state index >= 15 is 0 Å². The number of hydrogen-bond acceptors (Lipinski definition) is 3. The van der Waals surface area contributed by atoms with Gasteiger partial charge in [0.1, 0.15) is 0 Å². The van der Waals surface area contributed by atoms with Gasteiger partial charge in [-0.25, -0.2) is 0 Å². The molecule has 26 heavy (non-hydrogen) atoms. The fourth-order valence-electron chi connectivity index (χ4n) is 3.57. The zero-order valence-corrected chi connectivity index (χ0v) is 19.0. The van der Waals surface area contributed by atoms with Gasteiger partial charge in [0.2, 0.25) is 0 Å². The lowest BCUT2D eigenvalue weighted by atomic mass is 10.1. The van der Waals surface area contributed by atoms with Crippen molar-refractivity contribution in [3.8, 4) is 0 Å². The van der Waals surface area contributed by atoms with Crippen molar-refractivity contribution >= 4 is 29.9 Å². The standard InChI is InChI=1S/C20H34N4O.HI/c1-5-24(6-2)19(18-10-8-7-9-11-18)14-22-20(21-3)23(4)15-17-12-13-25-16-17;/h7-11,17,19H,5-6,12-16H2,1-4H3,(H,21,22);1H. The predicted octanol–water partition coefficient (Wildman–Crippen LogP) is 3.23. The molecule has 1 aliphatic heterocycles. The van der Waals surface area contributed by atoms with Gasteiger partial charge in [-0.15, -0.1) is 24.0 Å². The number of hydrogen-bond donors (Lipinski definition) is 1. The van der Waals surface area contributed by atoms with Crippen LogP contribution in [0.1, 0.15) is 31.9 Å². The third-order valence-corrected chi connectivity index (χ3v) is 5.02. The minimum Gasteiger partial charge on any atom is -0.381 e. The second-order valence-electron chi connectivity index (χ2n) is 6.69. The second kappa shape index (κ2) is 12.5. The number of aliphatic imine (C=N–C) groups is 1. The van der Waals surface area contributed by atoms with E-state index in [4.69, 9.17) is 4.74 Å². The summed E-state index contributed by atoms with van der Waals surface area (Å²) in [4.78, 5) is 9.19. The fourth-order valence-corrected chi connectivity index (χ4v) is 3.57. The zero-order chi connectivity index (χ0) is 18.1. The molecule has 1 saturated heterocycles. The Morgan fingerprint density at radius 2 is 1.96 bits per heavy atom. The Kier molecular flexibility index (Phi) is 11.2. The molecule has 1 heterocycles. The maximum atomic E-state index is 5.49. The van der Waals surface area contributed by atoms with Gasteiger partial charge in [-0.2, -0.15) is 0 Å². The molecule has 2 unspecified atom stereocenters. The molecule has 148 valence electrons. The highest BCUT2D eigenvalue weighted by Gasteiger charge is 2.21. The maximum absolute atomic E-state index is 5.49. The Morgan fingerprint density at radius 1 is 1.27 bits per heavy atom. The molecule has 1 aromatic rings. The number of nitrogens with one attached hydrogen (secondary N) is 1. The molecule has 0 aliphatic carbocycles. The lowest BCUT2D eigenvalue weighted by molar-refractivity contribution is 0.181. The van der Waals surface area contributed by atoms with E-state index in [-0.39, 0.29) is 24.0 Å². The van der Waals surface area contributed by atoms with Gasteiger partial charge < -0.3 is 15.0 Å². The van der Waals surface area contributed by atoms with Crippen LogP contribution in [0, 0.1) is 5.92 Å².